The molecule has 1 unspecified atom stereocenters. The Balaban J connectivity index is 2.50. The molecule has 0 saturated carbocycles. The Labute approximate surface area is 128 Å². The van der Waals surface area contributed by atoms with Crippen LogP contribution in [0.25, 0.3) is 0 Å². The number of hydrogen-bond donors (Lipinski definition) is 1. The Morgan fingerprint density at radius 1 is 1.05 bits per heavy atom. The van der Waals surface area contributed by atoms with E-state index in [4.69, 9.17) is 4.74 Å². The van der Waals surface area contributed by atoms with Gasteiger partial charge in [0.2, 0.25) is 0 Å². The standard InChI is InChI=1S/C17H19BrO2/c1-10-6-8-14(17(20-4)12(10)3)16(19)13-7-5-11(2)15(18)9-13/h5-9,16,19H,1-4H3. The van der Waals surface area contributed by atoms with Crippen molar-refractivity contribution < 1.29 is 9.84 Å². The lowest BCUT2D eigenvalue weighted by atomic mass is 9.96. The van der Waals surface area contributed by atoms with E-state index in [0.29, 0.717) is 0 Å². The van der Waals surface area contributed by atoms with Gasteiger partial charge in [-0.2, -0.15) is 0 Å². The van der Waals surface area contributed by atoms with Crippen LogP contribution in [0.15, 0.2) is 34.8 Å². The maximum absolute atomic E-state index is 10.6. The Kier molecular flexibility index (Phi) is 4.51. The van der Waals surface area contributed by atoms with Gasteiger partial charge in [-0.3, -0.25) is 0 Å². The zero-order valence-electron chi connectivity index (χ0n) is 12.2. The van der Waals surface area contributed by atoms with Crippen molar-refractivity contribution in [1.29, 1.82) is 0 Å². The van der Waals surface area contributed by atoms with Crippen LogP contribution in [0.4, 0.5) is 0 Å². The minimum Gasteiger partial charge on any atom is -0.496 e. The molecule has 0 bridgehead atoms. The number of hydrogen-bond acceptors (Lipinski definition) is 2. The number of methoxy groups -OCH3 is 1. The van der Waals surface area contributed by atoms with Gasteiger partial charge in [-0.25, -0.2) is 0 Å². The van der Waals surface area contributed by atoms with Gasteiger partial charge >= 0.3 is 0 Å². The Bertz CT molecular complexity index is 635. The predicted molar refractivity (Wildman–Crippen MR) is 85.4 cm³/mol. The molecular formula is C17H19BrO2. The van der Waals surface area contributed by atoms with Crippen LogP contribution in [-0.4, -0.2) is 12.2 Å². The third-order valence-corrected chi connectivity index (χ3v) is 4.57. The average Bonchev–Trinajstić information content (AvgIpc) is 2.44. The van der Waals surface area contributed by atoms with Gasteiger partial charge in [0.1, 0.15) is 11.9 Å². The van der Waals surface area contributed by atoms with E-state index in [2.05, 4.69) is 15.9 Å². The molecule has 0 fully saturated rings. The minimum absolute atomic E-state index is 0.693. The normalized spacial score (nSPS) is 12.3. The second-order valence-corrected chi connectivity index (χ2v) is 5.90. The van der Waals surface area contributed by atoms with Gasteiger partial charge in [-0.05, 0) is 49.1 Å². The third-order valence-electron chi connectivity index (χ3n) is 3.72. The molecule has 0 aliphatic rings. The highest BCUT2D eigenvalue weighted by molar-refractivity contribution is 9.10. The first-order chi connectivity index (χ1) is 9.45. The zero-order valence-corrected chi connectivity index (χ0v) is 13.8. The van der Waals surface area contributed by atoms with Crippen molar-refractivity contribution in [2.45, 2.75) is 26.9 Å². The number of ether oxygens (including phenoxy) is 1. The van der Waals surface area contributed by atoms with Gasteiger partial charge in [-0.1, -0.05) is 40.2 Å². The fraction of sp³-hybridized carbons (Fsp3) is 0.294. The minimum atomic E-state index is -0.693. The van der Waals surface area contributed by atoms with E-state index >= 15 is 0 Å². The van der Waals surface area contributed by atoms with E-state index in [1.54, 1.807) is 7.11 Å². The number of halogens is 1. The number of rotatable bonds is 3. The van der Waals surface area contributed by atoms with Crippen molar-refractivity contribution in [3.63, 3.8) is 0 Å². The summed E-state index contributed by atoms with van der Waals surface area (Å²) in [5.41, 5.74) is 5.02. The Morgan fingerprint density at radius 2 is 1.70 bits per heavy atom. The monoisotopic (exact) mass is 334 g/mol. The third kappa shape index (κ3) is 2.74. The lowest BCUT2D eigenvalue weighted by molar-refractivity contribution is 0.214. The summed E-state index contributed by atoms with van der Waals surface area (Å²) in [5, 5.41) is 10.6. The molecule has 0 heterocycles. The molecule has 0 spiro atoms. The largest absolute Gasteiger partial charge is 0.496 e. The number of aliphatic hydroxyl groups excluding tert-OH is 1. The summed E-state index contributed by atoms with van der Waals surface area (Å²) < 4.78 is 6.48. The molecule has 0 saturated heterocycles. The molecule has 2 rings (SSSR count). The zero-order chi connectivity index (χ0) is 14.9. The molecule has 2 aromatic rings. The second kappa shape index (κ2) is 5.98. The highest BCUT2D eigenvalue weighted by Gasteiger charge is 2.18. The summed E-state index contributed by atoms with van der Waals surface area (Å²) in [6.45, 7) is 6.07. The summed E-state index contributed by atoms with van der Waals surface area (Å²) in [5.74, 6) is 0.759. The Morgan fingerprint density at radius 3 is 2.30 bits per heavy atom. The van der Waals surface area contributed by atoms with Crippen LogP contribution in [-0.2, 0) is 0 Å². The number of aliphatic hydroxyl groups is 1. The summed E-state index contributed by atoms with van der Waals surface area (Å²) >= 11 is 3.51. The first-order valence-electron chi connectivity index (χ1n) is 6.54. The fourth-order valence-electron chi connectivity index (χ4n) is 2.26. The van der Waals surface area contributed by atoms with Gasteiger partial charge in [0, 0.05) is 10.0 Å². The lowest BCUT2D eigenvalue weighted by Gasteiger charge is -2.18. The van der Waals surface area contributed by atoms with Crippen LogP contribution in [0.2, 0.25) is 0 Å². The van der Waals surface area contributed by atoms with E-state index in [1.807, 2.05) is 51.1 Å². The Hall–Kier alpha value is -1.32. The van der Waals surface area contributed by atoms with E-state index in [-0.39, 0.29) is 0 Å². The summed E-state index contributed by atoms with van der Waals surface area (Å²) in [6, 6.07) is 9.84. The average molecular weight is 335 g/mol. The van der Waals surface area contributed by atoms with Crippen molar-refractivity contribution in [2.75, 3.05) is 7.11 Å². The first-order valence-corrected chi connectivity index (χ1v) is 7.33. The van der Waals surface area contributed by atoms with Gasteiger partial charge in [-0.15, -0.1) is 0 Å². The van der Waals surface area contributed by atoms with E-state index in [0.717, 1.165) is 38.0 Å². The highest BCUT2D eigenvalue weighted by atomic mass is 79.9. The molecule has 0 aliphatic heterocycles. The van der Waals surface area contributed by atoms with E-state index in [9.17, 15) is 5.11 Å². The smallest absolute Gasteiger partial charge is 0.128 e. The van der Waals surface area contributed by atoms with Crippen LogP contribution < -0.4 is 4.74 Å². The quantitative estimate of drug-likeness (QED) is 0.897. The van der Waals surface area contributed by atoms with Crippen molar-refractivity contribution >= 4 is 15.9 Å². The molecule has 2 nitrogen and oxygen atoms in total. The highest BCUT2D eigenvalue weighted by Crippen LogP contribution is 2.35. The van der Waals surface area contributed by atoms with Crippen molar-refractivity contribution in [3.05, 3.63) is 62.6 Å². The van der Waals surface area contributed by atoms with Crippen molar-refractivity contribution in [2.24, 2.45) is 0 Å². The molecule has 3 heteroatoms. The van der Waals surface area contributed by atoms with Crippen molar-refractivity contribution in [3.8, 4) is 5.75 Å². The van der Waals surface area contributed by atoms with Crippen LogP contribution >= 0.6 is 15.9 Å². The molecule has 1 atom stereocenters. The summed E-state index contributed by atoms with van der Waals surface area (Å²) in [4.78, 5) is 0. The molecule has 2 aromatic carbocycles. The fourth-order valence-corrected chi connectivity index (χ4v) is 2.65. The maximum Gasteiger partial charge on any atom is 0.128 e. The predicted octanol–water partition coefficient (Wildman–Crippen LogP) is 4.46. The summed E-state index contributed by atoms with van der Waals surface area (Å²) in [7, 11) is 1.64. The number of aryl methyl sites for hydroxylation is 2. The van der Waals surface area contributed by atoms with Crippen molar-refractivity contribution in [1.82, 2.24) is 0 Å². The second-order valence-electron chi connectivity index (χ2n) is 5.04. The molecule has 106 valence electrons. The van der Waals surface area contributed by atoms with Crippen LogP contribution in [0, 0.1) is 20.8 Å². The molecule has 1 N–H and O–H groups in total. The molecular weight excluding hydrogens is 316 g/mol. The van der Waals surface area contributed by atoms with E-state index in [1.165, 1.54) is 0 Å². The SMILES string of the molecule is COc1c(C(O)c2ccc(C)c(Br)c2)ccc(C)c1C. The van der Waals surface area contributed by atoms with Crippen LogP contribution in [0.5, 0.6) is 5.75 Å². The molecule has 0 amide bonds. The first kappa shape index (κ1) is 15.1. The molecule has 0 aliphatic carbocycles. The topological polar surface area (TPSA) is 29.5 Å². The molecule has 0 aromatic heterocycles. The van der Waals surface area contributed by atoms with Gasteiger partial charge in [0.15, 0.2) is 0 Å². The lowest BCUT2D eigenvalue weighted by Crippen LogP contribution is -2.04. The van der Waals surface area contributed by atoms with Crippen LogP contribution in [0.3, 0.4) is 0 Å². The van der Waals surface area contributed by atoms with Gasteiger partial charge < -0.3 is 9.84 Å². The maximum atomic E-state index is 10.6. The van der Waals surface area contributed by atoms with Gasteiger partial charge in [0.25, 0.3) is 0 Å². The van der Waals surface area contributed by atoms with Crippen LogP contribution in [0.1, 0.15) is 33.9 Å². The molecule has 0 radical (unpaired) electrons. The van der Waals surface area contributed by atoms with E-state index < -0.39 is 6.10 Å². The summed E-state index contributed by atoms with van der Waals surface area (Å²) in [6.07, 6.45) is -0.693. The van der Waals surface area contributed by atoms with Gasteiger partial charge in [0.05, 0.1) is 7.11 Å². The number of benzene rings is 2. The molecule has 20 heavy (non-hydrogen) atoms.